The van der Waals surface area contributed by atoms with Crippen LogP contribution in [0.3, 0.4) is 0 Å². The van der Waals surface area contributed by atoms with Crippen molar-refractivity contribution in [1.29, 1.82) is 0 Å². The SMILES string of the molecule is Cc1cc2oc(C(=O)C3CC3)cc2c(C)c1Cl. The van der Waals surface area contributed by atoms with Gasteiger partial charge in [-0.3, -0.25) is 4.79 Å². The van der Waals surface area contributed by atoms with Crippen LogP contribution in [0.25, 0.3) is 11.0 Å². The van der Waals surface area contributed by atoms with Crippen LogP contribution in [0, 0.1) is 19.8 Å². The molecule has 2 nitrogen and oxygen atoms in total. The summed E-state index contributed by atoms with van der Waals surface area (Å²) in [5.74, 6) is 0.800. The van der Waals surface area contributed by atoms with Crippen LogP contribution in [0.4, 0.5) is 0 Å². The van der Waals surface area contributed by atoms with Gasteiger partial charge in [-0.2, -0.15) is 0 Å². The average molecular weight is 249 g/mol. The third-order valence-corrected chi connectivity index (χ3v) is 3.96. The molecule has 1 saturated carbocycles. The van der Waals surface area contributed by atoms with E-state index in [4.69, 9.17) is 16.0 Å². The summed E-state index contributed by atoms with van der Waals surface area (Å²) in [6, 6.07) is 3.73. The lowest BCUT2D eigenvalue weighted by molar-refractivity contribution is 0.0942. The Labute approximate surface area is 105 Å². The van der Waals surface area contributed by atoms with E-state index in [0.29, 0.717) is 5.76 Å². The number of furan rings is 1. The Hall–Kier alpha value is -1.28. The molecule has 1 aliphatic rings. The van der Waals surface area contributed by atoms with Gasteiger partial charge in [0, 0.05) is 16.3 Å². The van der Waals surface area contributed by atoms with Crippen LogP contribution in [0.5, 0.6) is 0 Å². The molecule has 0 aliphatic heterocycles. The van der Waals surface area contributed by atoms with Crippen molar-refractivity contribution in [3.8, 4) is 0 Å². The molecule has 1 aliphatic carbocycles. The van der Waals surface area contributed by atoms with Gasteiger partial charge in [-0.15, -0.1) is 0 Å². The molecule has 2 aromatic rings. The number of hydrogen-bond acceptors (Lipinski definition) is 2. The fraction of sp³-hybridized carbons (Fsp3) is 0.357. The first-order chi connectivity index (χ1) is 8.08. The fourth-order valence-corrected chi connectivity index (χ4v) is 2.30. The van der Waals surface area contributed by atoms with Crippen LogP contribution in [-0.2, 0) is 0 Å². The lowest BCUT2D eigenvalue weighted by Gasteiger charge is -2.02. The second-order valence-corrected chi connectivity index (χ2v) is 5.17. The number of benzene rings is 1. The molecule has 0 amide bonds. The Morgan fingerprint density at radius 1 is 1.35 bits per heavy atom. The summed E-state index contributed by atoms with van der Waals surface area (Å²) < 4.78 is 5.64. The molecule has 3 heteroatoms. The molecule has 1 aromatic carbocycles. The Morgan fingerprint density at radius 2 is 2.06 bits per heavy atom. The molecule has 0 atom stereocenters. The minimum Gasteiger partial charge on any atom is -0.453 e. The van der Waals surface area contributed by atoms with Crippen LogP contribution >= 0.6 is 11.6 Å². The smallest absolute Gasteiger partial charge is 0.201 e. The van der Waals surface area contributed by atoms with Gasteiger partial charge < -0.3 is 4.42 Å². The molecule has 0 spiro atoms. The monoisotopic (exact) mass is 248 g/mol. The van der Waals surface area contributed by atoms with Crippen LogP contribution in [0.1, 0.15) is 34.5 Å². The first-order valence-corrected chi connectivity index (χ1v) is 6.19. The van der Waals surface area contributed by atoms with Gasteiger partial charge in [0.05, 0.1) is 0 Å². The van der Waals surface area contributed by atoms with Gasteiger partial charge in [-0.1, -0.05) is 11.6 Å². The zero-order valence-corrected chi connectivity index (χ0v) is 10.6. The molecule has 88 valence electrons. The van der Waals surface area contributed by atoms with E-state index in [1.165, 1.54) is 0 Å². The number of fused-ring (bicyclic) bond motifs is 1. The number of aryl methyl sites for hydroxylation is 2. The Kier molecular flexibility index (Phi) is 2.30. The number of halogens is 1. The molecule has 0 bridgehead atoms. The molecule has 1 fully saturated rings. The first kappa shape index (κ1) is 10.8. The molecule has 1 aromatic heterocycles. The van der Waals surface area contributed by atoms with Crippen molar-refractivity contribution in [2.75, 3.05) is 0 Å². The van der Waals surface area contributed by atoms with Crippen molar-refractivity contribution in [1.82, 2.24) is 0 Å². The van der Waals surface area contributed by atoms with E-state index < -0.39 is 0 Å². The highest BCUT2D eigenvalue weighted by Gasteiger charge is 2.32. The van der Waals surface area contributed by atoms with E-state index in [1.54, 1.807) is 0 Å². The maximum absolute atomic E-state index is 11.9. The molecular weight excluding hydrogens is 236 g/mol. The number of carbonyl (C=O) groups is 1. The molecule has 0 unspecified atom stereocenters. The minimum atomic E-state index is 0.134. The van der Waals surface area contributed by atoms with Crippen LogP contribution < -0.4 is 0 Å². The average Bonchev–Trinajstić information content (AvgIpc) is 3.06. The normalized spacial score (nSPS) is 15.5. The molecular formula is C14H13ClO2. The van der Waals surface area contributed by atoms with Crippen molar-refractivity contribution in [2.45, 2.75) is 26.7 Å². The molecule has 0 radical (unpaired) electrons. The van der Waals surface area contributed by atoms with E-state index in [1.807, 2.05) is 26.0 Å². The predicted molar refractivity (Wildman–Crippen MR) is 67.8 cm³/mol. The van der Waals surface area contributed by atoms with Gasteiger partial charge in [0.1, 0.15) is 5.58 Å². The van der Waals surface area contributed by atoms with Gasteiger partial charge >= 0.3 is 0 Å². The second kappa shape index (κ2) is 3.61. The first-order valence-electron chi connectivity index (χ1n) is 5.81. The van der Waals surface area contributed by atoms with Crippen molar-refractivity contribution < 1.29 is 9.21 Å². The Bertz CT molecular complexity index is 621. The topological polar surface area (TPSA) is 30.2 Å². The number of ketones is 1. The van der Waals surface area contributed by atoms with E-state index in [0.717, 1.165) is 40.0 Å². The van der Waals surface area contributed by atoms with Crippen molar-refractivity contribution >= 4 is 28.4 Å². The highest BCUT2D eigenvalue weighted by molar-refractivity contribution is 6.33. The molecule has 3 rings (SSSR count). The van der Waals surface area contributed by atoms with Gasteiger partial charge in [0.25, 0.3) is 0 Å². The van der Waals surface area contributed by atoms with Crippen LogP contribution in [0.2, 0.25) is 5.02 Å². The largest absolute Gasteiger partial charge is 0.453 e. The number of hydrogen-bond donors (Lipinski definition) is 0. The third-order valence-electron chi connectivity index (χ3n) is 3.38. The molecule has 1 heterocycles. The molecule has 0 saturated heterocycles. The Morgan fingerprint density at radius 3 is 2.71 bits per heavy atom. The highest BCUT2D eigenvalue weighted by Crippen LogP contribution is 2.36. The van der Waals surface area contributed by atoms with Gasteiger partial charge in [-0.25, -0.2) is 0 Å². The van der Waals surface area contributed by atoms with Crippen LogP contribution in [0.15, 0.2) is 16.5 Å². The van der Waals surface area contributed by atoms with Crippen molar-refractivity contribution in [3.05, 3.63) is 34.0 Å². The van der Waals surface area contributed by atoms with Gasteiger partial charge in [0.2, 0.25) is 5.78 Å². The maximum Gasteiger partial charge on any atom is 0.201 e. The van der Waals surface area contributed by atoms with Crippen molar-refractivity contribution in [3.63, 3.8) is 0 Å². The zero-order chi connectivity index (χ0) is 12.2. The number of carbonyl (C=O) groups excluding carboxylic acids is 1. The summed E-state index contributed by atoms with van der Waals surface area (Å²) in [6.45, 7) is 3.90. The number of Topliss-reactive ketones (excluding diaryl/α,β-unsaturated/α-hetero) is 1. The summed E-state index contributed by atoms with van der Waals surface area (Å²) >= 11 is 6.19. The summed E-state index contributed by atoms with van der Waals surface area (Å²) in [6.07, 6.45) is 1.99. The van der Waals surface area contributed by atoms with Crippen LogP contribution in [-0.4, -0.2) is 5.78 Å². The van der Waals surface area contributed by atoms with E-state index in [9.17, 15) is 4.79 Å². The minimum absolute atomic E-state index is 0.134. The van der Waals surface area contributed by atoms with Gasteiger partial charge in [-0.05, 0) is 49.9 Å². The highest BCUT2D eigenvalue weighted by atomic mass is 35.5. The predicted octanol–water partition coefficient (Wildman–Crippen LogP) is 4.30. The molecule has 0 N–H and O–H groups in total. The summed E-state index contributed by atoms with van der Waals surface area (Å²) in [7, 11) is 0. The summed E-state index contributed by atoms with van der Waals surface area (Å²) in [5, 5.41) is 1.70. The molecule has 17 heavy (non-hydrogen) atoms. The number of rotatable bonds is 2. The third kappa shape index (κ3) is 1.67. The zero-order valence-electron chi connectivity index (χ0n) is 9.84. The summed E-state index contributed by atoms with van der Waals surface area (Å²) in [4.78, 5) is 11.9. The lowest BCUT2D eigenvalue weighted by Crippen LogP contribution is -1.98. The quantitative estimate of drug-likeness (QED) is 0.742. The Balaban J connectivity index is 2.18. The van der Waals surface area contributed by atoms with Crippen molar-refractivity contribution in [2.24, 2.45) is 5.92 Å². The second-order valence-electron chi connectivity index (χ2n) is 4.79. The van der Waals surface area contributed by atoms with Gasteiger partial charge in [0.15, 0.2) is 5.76 Å². The van der Waals surface area contributed by atoms with E-state index in [-0.39, 0.29) is 11.7 Å². The van der Waals surface area contributed by atoms with E-state index >= 15 is 0 Å². The fourth-order valence-electron chi connectivity index (χ4n) is 2.15. The maximum atomic E-state index is 11.9. The summed E-state index contributed by atoms with van der Waals surface area (Å²) in [5.41, 5.74) is 2.73. The lowest BCUT2D eigenvalue weighted by atomic mass is 10.1. The van der Waals surface area contributed by atoms with E-state index in [2.05, 4.69) is 0 Å². The standard InChI is InChI=1S/C14H13ClO2/c1-7-5-11-10(8(2)13(7)15)6-12(17-11)14(16)9-3-4-9/h5-6,9H,3-4H2,1-2H3.